The lowest BCUT2D eigenvalue weighted by molar-refractivity contribution is 0.314. The average molecular weight is 181 g/mol. The van der Waals surface area contributed by atoms with Crippen LogP contribution in [0.1, 0.15) is 6.92 Å². The van der Waals surface area contributed by atoms with E-state index >= 15 is 0 Å². The molecule has 2 aromatic heterocycles. The van der Waals surface area contributed by atoms with Gasteiger partial charge in [-0.2, -0.15) is 18.9 Å². The molecule has 0 bridgehead atoms. The molecule has 0 aliphatic carbocycles. The predicted octanol–water partition coefficient (Wildman–Crippen LogP) is 0.462. The molecular weight excluding hydrogens is 175 g/mol. The van der Waals surface area contributed by atoms with Crippen molar-refractivity contribution in [3.05, 3.63) is 18.3 Å². The molecule has 13 heavy (non-hydrogen) atoms. The highest BCUT2D eigenvalue weighted by molar-refractivity contribution is 5.29. The second-order valence-electron chi connectivity index (χ2n) is 2.27. The summed E-state index contributed by atoms with van der Waals surface area (Å²) >= 11 is 0. The summed E-state index contributed by atoms with van der Waals surface area (Å²) in [5.41, 5.74) is 0. The molecule has 0 aliphatic rings. The summed E-state index contributed by atoms with van der Waals surface area (Å²) in [4.78, 5) is 7.11. The van der Waals surface area contributed by atoms with Crippen molar-refractivity contribution < 1.29 is 9.13 Å². The van der Waals surface area contributed by atoms with E-state index in [0.29, 0.717) is 6.61 Å². The second-order valence-corrected chi connectivity index (χ2v) is 2.27. The summed E-state index contributed by atoms with van der Waals surface area (Å²) in [7, 11) is 0. The maximum absolute atomic E-state index is 12.8. The monoisotopic (exact) mass is 181 g/mol. The minimum absolute atomic E-state index is 0.142. The molecule has 0 unspecified atom stereocenters. The van der Waals surface area contributed by atoms with Gasteiger partial charge in [0.05, 0.1) is 12.7 Å². The van der Waals surface area contributed by atoms with Crippen LogP contribution < -0.4 is 4.74 Å². The predicted molar refractivity (Wildman–Crippen MR) is 40.7 cm³/mol. The summed E-state index contributed by atoms with van der Waals surface area (Å²) in [6, 6.07) is 1.15. The number of nitrogens with zero attached hydrogens (tertiary/aromatic N) is 4. The largest absolute Gasteiger partial charge is 0.478 e. The molecule has 0 amide bonds. The Morgan fingerprint density at radius 1 is 1.69 bits per heavy atom. The van der Waals surface area contributed by atoms with Gasteiger partial charge in [0.25, 0.3) is 5.78 Å². The molecule has 6 heteroatoms. The molecule has 1 radical (unpaired) electrons. The van der Waals surface area contributed by atoms with Crippen molar-refractivity contribution in [2.24, 2.45) is 0 Å². The van der Waals surface area contributed by atoms with E-state index in [0.717, 1.165) is 6.07 Å². The summed E-state index contributed by atoms with van der Waals surface area (Å²) in [5.74, 6) is -0.223. The summed E-state index contributed by atoms with van der Waals surface area (Å²) < 4.78 is 19.2. The highest BCUT2D eigenvalue weighted by Gasteiger charge is 2.07. The highest BCUT2D eigenvalue weighted by atomic mass is 19.1. The van der Waals surface area contributed by atoms with Gasteiger partial charge in [0.15, 0.2) is 0 Å². The molecule has 0 aliphatic heterocycles. The number of hydrogen-bond acceptors (Lipinski definition) is 4. The topological polar surface area (TPSA) is 52.3 Å². The molecule has 5 nitrogen and oxygen atoms in total. The molecule has 67 valence electrons. The van der Waals surface area contributed by atoms with Crippen LogP contribution in [0.25, 0.3) is 5.78 Å². The first-order chi connectivity index (χ1) is 6.31. The molecular formula is C7H6FN4O. The van der Waals surface area contributed by atoms with Gasteiger partial charge in [-0.05, 0) is 6.92 Å². The first kappa shape index (κ1) is 7.90. The Morgan fingerprint density at radius 3 is 3.31 bits per heavy atom. The minimum atomic E-state index is -0.641. The first-order valence-electron chi connectivity index (χ1n) is 3.73. The Bertz CT molecular complexity index is 427. The molecule has 0 fully saturated rings. The second kappa shape index (κ2) is 2.96. The zero-order valence-electron chi connectivity index (χ0n) is 6.86. The van der Waals surface area contributed by atoms with Gasteiger partial charge in [-0.1, -0.05) is 0 Å². The van der Waals surface area contributed by atoms with E-state index in [9.17, 15) is 4.39 Å². The molecule has 2 aromatic rings. The van der Waals surface area contributed by atoms with E-state index < -0.39 is 5.95 Å². The molecule has 0 N–H and O–H groups in total. The van der Waals surface area contributed by atoms with E-state index in [1.807, 2.05) is 0 Å². The van der Waals surface area contributed by atoms with Crippen LogP contribution >= 0.6 is 0 Å². The van der Waals surface area contributed by atoms with Crippen molar-refractivity contribution in [3.8, 4) is 5.88 Å². The number of halogens is 1. The van der Waals surface area contributed by atoms with Crippen LogP contribution in [0.15, 0.2) is 6.07 Å². The standard InChI is InChI=1S/C7H6FN4O/c1-2-13-6-3-5(8)11-7-9-4-10-12(6)7/h3H,2H2,1H3. The van der Waals surface area contributed by atoms with Crippen molar-refractivity contribution in [1.29, 1.82) is 0 Å². The van der Waals surface area contributed by atoms with Gasteiger partial charge in [-0.25, -0.2) is 0 Å². The van der Waals surface area contributed by atoms with E-state index in [2.05, 4.69) is 21.4 Å². The van der Waals surface area contributed by atoms with Crippen molar-refractivity contribution in [2.45, 2.75) is 6.92 Å². The van der Waals surface area contributed by atoms with Gasteiger partial charge in [0, 0.05) is 0 Å². The lowest BCUT2D eigenvalue weighted by Gasteiger charge is -2.03. The molecule has 0 saturated heterocycles. The van der Waals surface area contributed by atoms with E-state index in [-0.39, 0.29) is 11.7 Å². The summed E-state index contributed by atoms with van der Waals surface area (Å²) in [6.07, 6.45) is 2.32. The lowest BCUT2D eigenvalue weighted by Crippen LogP contribution is -2.02. The first-order valence-corrected chi connectivity index (χ1v) is 3.73. The third kappa shape index (κ3) is 1.30. The van der Waals surface area contributed by atoms with Crippen molar-refractivity contribution in [3.63, 3.8) is 0 Å². The maximum atomic E-state index is 12.8. The van der Waals surface area contributed by atoms with Crippen molar-refractivity contribution in [1.82, 2.24) is 19.6 Å². The molecule has 2 rings (SSSR count). The molecule has 0 saturated carbocycles. The van der Waals surface area contributed by atoms with Crippen LogP contribution in [0.5, 0.6) is 5.88 Å². The van der Waals surface area contributed by atoms with Gasteiger partial charge in [0.1, 0.15) is 0 Å². The van der Waals surface area contributed by atoms with E-state index in [1.165, 1.54) is 4.52 Å². The van der Waals surface area contributed by atoms with Gasteiger partial charge in [-0.15, -0.1) is 5.10 Å². The maximum Gasteiger partial charge on any atom is 0.258 e. The highest BCUT2D eigenvalue weighted by Crippen LogP contribution is 2.11. The summed E-state index contributed by atoms with van der Waals surface area (Å²) in [5, 5.41) is 3.70. The van der Waals surface area contributed by atoms with Crippen LogP contribution in [0.2, 0.25) is 0 Å². The fourth-order valence-electron chi connectivity index (χ4n) is 0.966. The van der Waals surface area contributed by atoms with Crippen LogP contribution in [0.4, 0.5) is 4.39 Å². The van der Waals surface area contributed by atoms with Crippen molar-refractivity contribution in [2.75, 3.05) is 6.61 Å². The SMILES string of the molecule is CCOc1cc(F)nc2n[c]nn12. The zero-order chi connectivity index (χ0) is 9.26. The fourth-order valence-corrected chi connectivity index (χ4v) is 0.966. The minimum Gasteiger partial charge on any atom is -0.478 e. The number of fused-ring (bicyclic) bond motifs is 1. The zero-order valence-corrected chi connectivity index (χ0v) is 6.86. The van der Waals surface area contributed by atoms with Crippen LogP contribution in [-0.4, -0.2) is 26.2 Å². The third-order valence-electron chi connectivity index (χ3n) is 1.43. The molecule has 2 heterocycles. The smallest absolute Gasteiger partial charge is 0.258 e. The normalized spacial score (nSPS) is 10.6. The third-order valence-corrected chi connectivity index (χ3v) is 1.43. The van der Waals surface area contributed by atoms with E-state index in [1.54, 1.807) is 6.92 Å². The fraction of sp³-hybridized carbons (Fsp3) is 0.286. The number of ether oxygens (including phenoxy) is 1. The number of hydrogen-bond donors (Lipinski definition) is 0. The van der Waals surface area contributed by atoms with Crippen LogP contribution in [-0.2, 0) is 0 Å². The Balaban J connectivity index is 2.63. The Labute approximate surface area is 73.2 Å². The molecule has 0 aromatic carbocycles. The van der Waals surface area contributed by atoms with Crippen LogP contribution in [0.3, 0.4) is 0 Å². The Hall–Kier alpha value is -1.72. The van der Waals surface area contributed by atoms with Gasteiger partial charge >= 0.3 is 0 Å². The van der Waals surface area contributed by atoms with Gasteiger partial charge < -0.3 is 4.74 Å². The Kier molecular flexibility index (Phi) is 1.80. The Morgan fingerprint density at radius 2 is 2.54 bits per heavy atom. The lowest BCUT2D eigenvalue weighted by atomic mass is 10.6. The van der Waals surface area contributed by atoms with Gasteiger partial charge in [-0.3, -0.25) is 0 Å². The van der Waals surface area contributed by atoms with Gasteiger partial charge in [0.2, 0.25) is 18.2 Å². The number of rotatable bonds is 2. The van der Waals surface area contributed by atoms with Crippen LogP contribution in [0, 0.1) is 12.3 Å². The average Bonchev–Trinajstić information content (AvgIpc) is 2.52. The van der Waals surface area contributed by atoms with E-state index in [4.69, 9.17) is 4.74 Å². The van der Waals surface area contributed by atoms with Crippen molar-refractivity contribution >= 4 is 5.78 Å². The quantitative estimate of drug-likeness (QED) is 0.631. The molecule has 0 atom stereocenters. The molecule has 0 spiro atoms. The number of aromatic nitrogens is 4. The summed E-state index contributed by atoms with van der Waals surface area (Å²) in [6.45, 7) is 2.23.